The Bertz CT molecular complexity index is 430. The molecule has 1 unspecified atom stereocenters. The van der Waals surface area contributed by atoms with Crippen molar-refractivity contribution in [1.82, 2.24) is 0 Å². The Kier molecular flexibility index (Phi) is 10.9. The summed E-state index contributed by atoms with van der Waals surface area (Å²) in [4.78, 5) is 0. The van der Waals surface area contributed by atoms with Gasteiger partial charge in [-0.3, -0.25) is 0 Å². The lowest BCUT2D eigenvalue weighted by Gasteiger charge is -2.31. The lowest BCUT2D eigenvalue weighted by atomic mass is 10.0. The molecule has 0 aliphatic heterocycles. The first-order valence-corrected chi connectivity index (χ1v) is 11.3. The highest BCUT2D eigenvalue weighted by Gasteiger charge is 2.42. The summed E-state index contributed by atoms with van der Waals surface area (Å²) in [5.41, 5.74) is 1.23. The van der Waals surface area contributed by atoms with Gasteiger partial charge >= 0.3 is 8.80 Å². The van der Waals surface area contributed by atoms with E-state index in [4.69, 9.17) is 13.3 Å². The van der Waals surface area contributed by atoms with E-state index in [9.17, 15) is 0 Å². The molecule has 0 bridgehead atoms. The van der Waals surface area contributed by atoms with Crippen molar-refractivity contribution in [3.8, 4) is 0 Å². The normalized spacial score (nSPS) is 13.5. The van der Waals surface area contributed by atoms with E-state index >= 15 is 0 Å². The highest BCUT2D eigenvalue weighted by Crippen LogP contribution is 2.27. The topological polar surface area (TPSA) is 27.7 Å². The maximum Gasteiger partial charge on any atom is 0.501 e. The van der Waals surface area contributed by atoms with Crippen LogP contribution in [-0.4, -0.2) is 28.6 Å². The first kappa shape index (κ1) is 21.1. The minimum atomic E-state index is -2.60. The molecule has 0 aliphatic rings. The molecule has 3 nitrogen and oxygen atoms in total. The Morgan fingerprint density at radius 1 is 0.917 bits per heavy atom. The zero-order valence-electron chi connectivity index (χ0n) is 15.8. The molecule has 0 heterocycles. The van der Waals surface area contributed by atoms with Crippen LogP contribution in [0, 0.1) is 5.92 Å². The summed E-state index contributed by atoms with van der Waals surface area (Å²) < 4.78 is 18.1. The maximum atomic E-state index is 6.03. The van der Waals surface area contributed by atoms with Crippen LogP contribution in [-0.2, 0) is 13.3 Å². The van der Waals surface area contributed by atoms with Crippen LogP contribution in [0.4, 0.5) is 0 Å². The molecule has 1 rings (SSSR count). The fraction of sp³-hybridized carbons (Fsp3) is 0.600. The summed E-state index contributed by atoms with van der Waals surface area (Å²) in [7, 11) is -2.60. The molecule has 24 heavy (non-hydrogen) atoms. The fourth-order valence-corrected chi connectivity index (χ4v) is 5.73. The van der Waals surface area contributed by atoms with Crippen molar-refractivity contribution < 1.29 is 13.3 Å². The fourth-order valence-electron chi connectivity index (χ4n) is 2.83. The van der Waals surface area contributed by atoms with Crippen molar-refractivity contribution in [3.05, 3.63) is 42.0 Å². The van der Waals surface area contributed by atoms with E-state index in [1.54, 1.807) is 0 Å². The molecule has 0 saturated carbocycles. The summed E-state index contributed by atoms with van der Waals surface area (Å²) in [6.07, 6.45) is 8.07. The van der Waals surface area contributed by atoms with E-state index in [1.807, 2.05) is 26.8 Å². The quantitative estimate of drug-likeness (QED) is 0.436. The lowest BCUT2D eigenvalue weighted by molar-refractivity contribution is 0.0682. The van der Waals surface area contributed by atoms with Gasteiger partial charge in [0.2, 0.25) is 0 Å². The van der Waals surface area contributed by atoms with Gasteiger partial charge in [-0.25, -0.2) is 0 Å². The molecule has 1 aromatic carbocycles. The van der Waals surface area contributed by atoms with Gasteiger partial charge in [0.1, 0.15) is 0 Å². The predicted octanol–water partition coefficient (Wildman–Crippen LogP) is 5.55. The third kappa shape index (κ3) is 7.75. The van der Waals surface area contributed by atoms with Gasteiger partial charge < -0.3 is 13.3 Å². The number of unbranched alkanes of at least 4 members (excludes halogenated alkanes) is 1. The zero-order valence-corrected chi connectivity index (χ0v) is 16.8. The summed E-state index contributed by atoms with van der Waals surface area (Å²) in [6, 6.07) is 11.3. The smallest absolute Gasteiger partial charge is 0.374 e. The van der Waals surface area contributed by atoms with Crippen molar-refractivity contribution in [3.63, 3.8) is 0 Å². The summed E-state index contributed by atoms with van der Waals surface area (Å²) in [6.45, 7) is 10.2. The monoisotopic (exact) mass is 350 g/mol. The molecular weight excluding hydrogens is 316 g/mol. The molecular formula is C20H34O3Si. The van der Waals surface area contributed by atoms with Crippen LogP contribution >= 0.6 is 0 Å². The van der Waals surface area contributed by atoms with Gasteiger partial charge in [-0.05, 0) is 38.7 Å². The number of benzene rings is 1. The van der Waals surface area contributed by atoms with Crippen molar-refractivity contribution in [2.24, 2.45) is 5.92 Å². The predicted molar refractivity (Wildman–Crippen MR) is 104 cm³/mol. The molecule has 1 aromatic rings. The average molecular weight is 351 g/mol. The second-order valence-corrected chi connectivity index (χ2v) is 8.50. The van der Waals surface area contributed by atoms with Crippen LogP contribution in [0.1, 0.15) is 52.5 Å². The molecule has 0 fully saturated rings. The zero-order chi connectivity index (χ0) is 17.7. The van der Waals surface area contributed by atoms with Crippen molar-refractivity contribution >= 4 is 14.9 Å². The molecule has 0 saturated heterocycles. The molecule has 0 spiro atoms. The highest BCUT2D eigenvalue weighted by molar-refractivity contribution is 6.60. The Labute approximate surface area is 149 Å². The molecule has 0 aliphatic carbocycles. The first-order chi connectivity index (χ1) is 11.7. The first-order valence-electron chi connectivity index (χ1n) is 9.34. The van der Waals surface area contributed by atoms with Gasteiger partial charge in [0.15, 0.2) is 0 Å². The molecule has 136 valence electrons. The van der Waals surface area contributed by atoms with E-state index < -0.39 is 8.80 Å². The molecule has 0 amide bonds. The molecule has 1 atom stereocenters. The Balaban J connectivity index is 2.88. The van der Waals surface area contributed by atoms with E-state index in [2.05, 4.69) is 43.3 Å². The second-order valence-electron chi connectivity index (χ2n) is 5.86. The van der Waals surface area contributed by atoms with Gasteiger partial charge in [0.25, 0.3) is 0 Å². The molecule has 4 heteroatoms. The number of hydrogen-bond acceptors (Lipinski definition) is 3. The Morgan fingerprint density at radius 3 is 2.00 bits per heavy atom. The van der Waals surface area contributed by atoms with Crippen molar-refractivity contribution in [2.75, 3.05) is 19.8 Å². The number of hydrogen-bond donors (Lipinski definition) is 0. The van der Waals surface area contributed by atoms with Gasteiger partial charge in [-0.1, -0.05) is 62.2 Å². The van der Waals surface area contributed by atoms with Crippen LogP contribution in [0.3, 0.4) is 0 Å². The van der Waals surface area contributed by atoms with E-state index in [1.165, 1.54) is 18.4 Å². The van der Waals surface area contributed by atoms with Gasteiger partial charge in [0.05, 0.1) is 0 Å². The Hall–Kier alpha value is -0.943. The minimum absolute atomic E-state index is 0.418. The highest BCUT2D eigenvalue weighted by atomic mass is 28.4. The Morgan fingerprint density at radius 2 is 1.50 bits per heavy atom. The van der Waals surface area contributed by atoms with Crippen LogP contribution in [0.15, 0.2) is 36.4 Å². The van der Waals surface area contributed by atoms with Crippen LogP contribution in [0.25, 0.3) is 6.08 Å². The van der Waals surface area contributed by atoms with Crippen molar-refractivity contribution in [1.29, 1.82) is 0 Å². The van der Waals surface area contributed by atoms with E-state index in [0.29, 0.717) is 25.7 Å². The number of rotatable bonds is 13. The van der Waals surface area contributed by atoms with Crippen LogP contribution in [0.5, 0.6) is 0 Å². The van der Waals surface area contributed by atoms with Crippen molar-refractivity contribution in [2.45, 2.75) is 53.0 Å². The third-order valence-electron chi connectivity index (χ3n) is 3.89. The summed E-state index contributed by atoms with van der Waals surface area (Å²) in [5.74, 6) is 0.418. The van der Waals surface area contributed by atoms with Gasteiger partial charge in [-0.2, -0.15) is 0 Å². The molecule has 0 radical (unpaired) electrons. The minimum Gasteiger partial charge on any atom is -0.374 e. The number of allylic oxidation sites excluding steroid dienone is 1. The SMILES string of the molecule is CCCCC(/C=C/c1ccccc1)C[Si](OCC)(OCC)OCC. The van der Waals surface area contributed by atoms with Gasteiger partial charge in [-0.15, -0.1) is 0 Å². The van der Waals surface area contributed by atoms with Gasteiger partial charge in [0, 0.05) is 25.9 Å². The third-order valence-corrected chi connectivity index (χ3v) is 7.10. The molecule has 0 N–H and O–H groups in total. The second kappa shape index (κ2) is 12.4. The standard InChI is InChI=1S/C20H34O3Si/c1-5-9-13-20(17-16-19-14-11-10-12-15-19)18-24(21-6-2,22-7-3)23-8-4/h10-12,14-17,20H,5-9,13,18H2,1-4H3/b17-16+. The van der Waals surface area contributed by atoms with Crippen LogP contribution in [0.2, 0.25) is 6.04 Å². The molecule has 0 aromatic heterocycles. The maximum absolute atomic E-state index is 6.03. The average Bonchev–Trinajstić information content (AvgIpc) is 2.59. The summed E-state index contributed by atoms with van der Waals surface area (Å²) in [5, 5.41) is 0. The largest absolute Gasteiger partial charge is 0.501 e. The lowest BCUT2D eigenvalue weighted by Crippen LogP contribution is -2.47. The summed E-state index contributed by atoms with van der Waals surface area (Å²) >= 11 is 0. The van der Waals surface area contributed by atoms with E-state index in [-0.39, 0.29) is 0 Å². The van der Waals surface area contributed by atoms with Crippen LogP contribution < -0.4 is 0 Å². The van der Waals surface area contributed by atoms with E-state index in [0.717, 1.165) is 12.5 Å².